The van der Waals surface area contributed by atoms with Crippen LogP contribution in [-0.4, -0.2) is 93.1 Å². The normalized spacial score (nSPS) is 26.0. The van der Waals surface area contributed by atoms with Gasteiger partial charge in [-0.05, 0) is 39.5 Å². The van der Waals surface area contributed by atoms with Gasteiger partial charge in [0.25, 0.3) is 0 Å². The average molecular weight is 413 g/mol. The minimum Gasteiger partial charge on any atom is -0.391 e. The Bertz CT molecular complexity index is 655. The number of aliphatic hydroxyl groups is 2. The Hall–Kier alpha value is -2.24. The third-order valence-electron chi connectivity index (χ3n) is 5.55. The van der Waals surface area contributed by atoms with Crippen LogP contribution in [0.25, 0.3) is 0 Å². The molecule has 0 aliphatic carbocycles. The van der Waals surface area contributed by atoms with Crippen molar-refractivity contribution < 1.29 is 29.4 Å². The largest absolute Gasteiger partial charge is 0.391 e. The molecule has 2 fully saturated rings. The second-order valence-electron chi connectivity index (χ2n) is 7.77. The van der Waals surface area contributed by atoms with Gasteiger partial charge in [-0.2, -0.15) is 0 Å². The molecule has 0 aromatic heterocycles. The van der Waals surface area contributed by atoms with Crippen LogP contribution in [0.2, 0.25) is 0 Å². The van der Waals surface area contributed by atoms with E-state index in [4.69, 9.17) is 11.5 Å². The minimum absolute atomic E-state index is 0.341. The van der Waals surface area contributed by atoms with Crippen LogP contribution in [-0.2, 0) is 19.2 Å². The summed E-state index contributed by atoms with van der Waals surface area (Å²) in [4.78, 5) is 52.5. The van der Waals surface area contributed by atoms with Crippen LogP contribution in [0, 0.1) is 0 Å². The predicted molar refractivity (Wildman–Crippen MR) is 102 cm³/mol. The molecule has 7 N–H and O–H groups in total. The Morgan fingerprint density at radius 3 is 2.03 bits per heavy atom. The van der Waals surface area contributed by atoms with Crippen molar-refractivity contribution in [2.24, 2.45) is 11.5 Å². The van der Waals surface area contributed by atoms with Crippen LogP contribution in [0.4, 0.5) is 0 Å². The fourth-order valence-corrected chi connectivity index (χ4v) is 3.86. The first-order valence-corrected chi connectivity index (χ1v) is 9.88. The van der Waals surface area contributed by atoms with Gasteiger partial charge >= 0.3 is 0 Å². The fraction of sp³-hybridized carbons (Fsp3) is 0.778. The molecule has 0 aromatic rings. The summed E-state index contributed by atoms with van der Waals surface area (Å²) in [6, 6.07) is -3.94. The van der Waals surface area contributed by atoms with Gasteiger partial charge in [0.05, 0.1) is 12.2 Å². The van der Waals surface area contributed by atoms with Crippen LogP contribution in [0.5, 0.6) is 0 Å². The number of nitrogens with one attached hydrogen (secondary N) is 1. The summed E-state index contributed by atoms with van der Waals surface area (Å²) in [5.41, 5.74) is 11.0. The van der Waals surface area contributed by atoms with Crippen molar-refractivity contribution in [2.75, 3.05) is 13.1 Å². The lowest BCUT2D eigenvalue weighted by atomic mass is 10.1. The van der Waals surface area contributed by atoms with Gasteiger partial charge in [-0.15, -0.1) is 0 Å². The van der Waals surface area contributed by atoms with E-state index in [-0.39, 0.29) is 5.91 Å². The first-order chi connectivity index (χ1) is 13.6. The quantitative estimate of drug-likeness (QED) is 0.295. The lowest BCUT2D eigenvalue weighted by molar-refractivity contribution is -0.148. The van der Waals surface area contributed by atoms with E-state index >= 15 is 0 Å². The molecular formula is C18H31N5O6. The molecule has 0 aromatic carbocycles. The number of hydrogen-bond acceptors (Lipinski definition) is 7. The number of hydrogen-bond donors (Lipinski definition) is 5. The summed E-state index contributed by atoms with van der Waals surface area (Å²) in [6.07, 6.45) is -0.170. The molecule has 29 heavy (non-hydrogen) atoms. The van der Waals surface area contributed by atoms with Gasteiger partial charge in [0.1, 0.15) is 24.2 Å². The highest BCUT2D eigenvalue weighted by atomic mass is 16.3. The predicted octanol–water partition coefficient (Wildman–Crippen LogP) is -2.97. The maximum absolute atomic E-state index is 13.1. The highest BCUT2D eigenvalue weighted by Gasteiger charge is 2.43. The summed E-state index contributed by atoms with van der Waals surface area (Å²) in [5.74, 6) is -2.31. The zero-order valence-corrected chi connectivity index (χ0v) is 16.8. The number of amides is 4. The first kappa shape index (κ1) is 23.0. The number of likely N-dealkylation sites (tertiary alicyclic amines) is 2. The first-order valence-electron chi connectivity index (χ1n) is 9.88. The van der Waals surface area contributed by atoms with Crippen LogP contribution < -0.4 is 16.8 Å². The van der Waals surface area contributed by atoms with Crippen LogP contribution in [0.3, 0.4) is 0 Å². The van der Waals surface area contributed by atoms with Gasteiger partial charge in [-0.3, -0.25) is 19.2 Å². The fourth-order valence-electron chi connectivity index (χ4n) is 3.86. The van der Waals surface area contributed by atoms with E-state index in [1.807, 2.05) is 0 Å². The van der Waals surface area contributed by atoms with Crippen molar-refractivity contribution in [1.29, 1.82) is 0 Å². The molecule has 4 amide bonds. The van der Waals surface area contributed by atoms with Gasteiger partial charge in [0.15, 0.2) is 0 Å². The van der Waals surface area contributed by atoms with Gasteiger partial charge < -0.3 is 36.8 Å². The van der Waals surface area contributed by atoms with E-state index in [9.17, 15) is 29.4 Å². The van der Waals surface area contributed by atoms with Crippen LogP contribution in [0.15, 0.2) is 0 Å². The number of nitrogens with zero attached hydrogens (tertiary/aromatic N) is 2. The lowest BCUT2D eigenvalue weighted by Gasteiger charge is -2.33. The number of aliphatic hydroxyl groups excluding tert-OH is 2. The van der Waals surface area contributed by atoms with Crippen LogP contribution in [0.1, 0.15) is 39.5 Å². The molecule has 6 atom stereocenters. The standard InChI is InChI=1S/C18H31N5O6/c1-9(24)13(19)18(29)23-8-4-6-12(23)17(28)22-7-3-5-11(22)16(27)21-14(10(2)25)15(20)26/h9-14,24-25H,3-8,19H2,1-2H3,(H2,20,26)(H,21,27)/t9-,10-,11+,12-,13?,14+/m1/s1. The Morgan fingerprint density at radius 2 is 1.52 bits per heavy atom. The number of carbonyl (C=O) groups is 4. The van der Waals surface area contributed by atoms with Gasteiger partial charge in [-0.1, -0.05) is 0 Å². The molecule has 2 aliphatic heterocycles. The Morgan fingerprint density at radius 1 is 0.966 bits per heavy atom. The number of carbonyl (C=O) groups excluding carboxylic acids is 4. The van der Waals surface area contributed by atoms with Crippen LogP contribution >= 0.6 is 0 Å². The second kappa shape index (κ2) is 9.51. The topological polar surface area (TPSA) is 179 Å². The summed E-state index contributed by atoms with van der Waals surface area (Å²) in [6.45, 7) is 3.44. The molecule has 2 aliphatic rings. The van der Waals surface area contributed by atoms with Crippen molar-refractivity contribution in [2.45, 2.75) is 75.9 Å². The Kier molecular flexibility index (Phi) is 7.55. The molecule has 0 saturated carbocycles. The molecular weight excluding hydrogens is 382 g/mol. The maximum Gasteiger partial charge on any atom is 0.246 e. The third kappa shape index (κ3) is 5.03. The Labute approximate surface area is 169 Å². The van der Waals surface area contributed by atoms with Crippen molar-refractivity contribution in [3.8, 4) is 0 Å². The van der Waals surface area contributed by atoms with E-state index in [0.29, 0.717) is 38.8 Å². The summed E-state index contributed by atoms with van der Waals surface area (Å²) in [7, 11) is 0. The maximum atomic E-state index is 13.1. The van der Waals surface area contributed by atoms with Crippen molar-refractivity contribution in [1.82, 2.24) is 15.1 Å². The van der Waals surface area contributed by atoms with Gasteiger partial charge in [0.2, 0.25) is 23.6 Å². The molecule has 0 radical (unpaired) electrons. The zero-order chi connectivity index (χ0) is 21.9. The molecule has 0 spiro atoms. The zero-order valence-electron chi connectivity index (χ0n) is 16.8. The van der Waals surface area contributed by atoms with E-state index < -0.39 is 54.1 Å². The van der Waals surface area contributed by atoms with E-state index in [1.54, 1.807) is 0 Å². The van der Waals surface area contributed by atoms with Crippen molar-refractivity contribution >= 4 is 23.6 Å². The molecule has 2 saturated heterocycles. The van der Waals surface area contributed by atoms with E-state index in [1.165, 1.54) is 23.6 Å². The van der Waals surface area contributed by atoms with E-state index in [0.717, 1.165) is 0 Å². The summed E-state index contributed by atoms with van der Waals surface area (Å²) in [5, 5.41) is 21.6. The molecule has 0 bridgehead atoms. The summed E-state index contributed by atoms with van der Waals surface area (Å²) < 4.78 is 0. The summed E-state index contributed by atoms with van der Waals surface area (Å²) >= 11 is 0. The van der Waals surface area contributed by atoms with E-state index in [2.05, 4.69) is 5.32 Å². The second-order valence-corrected chi connectivity index (χ2v) is 7.77. The number of primary amides is 1. The average Bonchev–Trinajstić information content (AvgIpc) is 3.32. The smallest absolute Gasteiger partial charge is 0.246 e. The Balaban J connectivity index is 2.11. The third-order valence-corrected chi connectivity index (χ3v) is 5.55. The lowest BCUT2D eigenvalue weighted by Crippen LogP contribution is -2.58. The molecule has 164 valence electrons. The minimum atomic E-state index is -1.26. The van der Waals surface area contributed by atoms with Crippen molar-refractivity contribution in [3.63, 3.8) is 0 Å². The molecule has 1 unspecified atom stereocenters. The monoisotopic (exact) mass is 413 g/mol. The molecule has 11 heteroatoms. The number of nitrogens with two attached hydrogens (primary N) is 2. The van der Waals surface area contributed by atoms with Gasteiger partial charge in [0, 0.05) is 13.1 Å². The SMILES string of the molecule is C[C@@H](O)C(N)C(=O)N1CCC[C@@H]1C(=O)N1CCC[C@H]1C(=O)N[C@H](C(N)=O)[C@@H](C)O. The van der Waals surface area contributed by atoms with Gasteiger partial charge in [-0.25, -0.2) is 0 Å². The highest BCUT2D eigenvalue weighted by molar-refractivity contribution is 5.95. The molecule has 11 nitrogen and oxygen atoms in total. The van der Waals surface area contributed by atoms with Crippen molar-refractivity contribution in [3.05, 3.63) is 0 Å². The molecule has 2 heterocycles. The molecule has 2 rings (SSSR count). The number of rotatable bonds is 7. The highest BCUT2D eigenvalue weighted by Crippen LogP contribution is 2.25.